The quantitative estimate of drug-likeness (QED) is 0.889. The Kier molecular flexibility index (Phi) is 3.76. The van der Waals surface area contributed by atoms with Crippen LogP contribution in [0.15, 0.2) is 29.1 Å². The predicted molar refractivity (Wildman–Crippen MR) is 80.6 cm³/mol. The van der Waals surface area contributed by atoms with Gasteiger partial charge in [0.05, 0.1) is 0 Å². The Balaban J connectivity index is 2.52. The van der Waals surface area contributed by atoms with Crippen LogP contribution in [0, 0.1) is 0 Å². The number of hydrogen-bond donors (Lipinski definition) is 2. The van der Waals surface area contributed by atoms with Crippen molar-refractivity contribution in [1.82, 2.24) is 4.98 Å². The van der Waals surface area contributed by atoms with Gasteiger partial charge in [-0.2, -0.15) is 0 Å². The molecule has 2 rings (SSSR count). The third-order valence-corrected chi connectivity index (χ3v) is 3.44. The molecule has 0 bridgehead atoms. The molecule has 0 aliphatic carbocycles. The Morgan fingerprint density at radius 2 is 1.95 bits per heavy atom. The maximum Gasteiger partial charge on any atom is 0.251 e. The molecule has 2 aromatic rings. The molecule has 1 aromatic carbocycles. The molecule has 0 spiro atoms. The smallest absolute Gasteiger partial charge is 0.251 e. The van der Waals surface area contributed by atoms with Gasteiger partial charge in [-0.05, 0) is 54.0 Å². The minimum atomic E-state index is 0.00413. The van der Waals surface area contributed by atoms with E-state index in [2.05, 4.69) is 37.9 Å². The monoisotopic (exact) mass is 258 g/mol. The van der Waals surface area contributed by atoms with Gasteiger partial charge >= 0.3 is 0 Å². The van der Waals surface area contributed by atoms with Crippen LogP contribution in [0.25, 0.3) is 10.9 Å². The molecule has 3 N–H and O–H groups in total. The van der Waals surface area contributed by atoms with Crippen LogP contribution in [-0.4, -0.2) is 11.5 Å². The van der Waals surface area contributed by atoms with Crippen molar-refractivity contribution in [3.63, 3.8) is 0 Å². The number of rotatable bonds is 3. The van der Waals surface area contributed by atoms with Gasteiger partial charge in [-0.3, -0.25) is 4.79 Å². The summed E-state index contributed by atoms with van der Waals surface area (Å²) in [6, 6.07) is 8.23. The molecule has 0 fully saturated rings. The Hall–Kier alpha value is -1.61. The van der Waals surface area contributed by atoms with Crippen molar-refractivity contribution < 1.29 is 0 Å². The maximum atomic E-state index is 11.9. The third-order valence-electron chi connectivity index (χ3n) is 3.44. The van der Waals surface area contributed by atoms with E-state index in [0.717, 1.165) is 29.3 Å². The highest BCUT2D eigenvalue weighted by molar-refractivity contribution is 5.80. The zero-order valence-corrected chi connectivity index (χ0v) is 11.9. The van der Waals surface area contributed by atoms with Crippen molar-refractivity contribution in [2.75, 3.05) is 6.54 Å². The predicted octanol–water partition coefficient (Wildman–Crippen LogP) is 2.72. The summed E-state index contributed by atoms with van der Waals surface area (Å²) in [5.41, 5.74) is 8.62. The molecule has 0 atom stereocenters. The van der Waals surface area contributed by atoms with Crippen molar-refractivity contribution in [3.8, 4) is 0 Å². The number of nitrogens with one attached hydrogen (secondary N) is 1. The van der Waals surface area contributed by atoms with Gasteiger partial charge in [-0.1, -0.05) is 26.8 Å². The van der Waals surface area contributed by atoms with Gasteiger partial charge < -0.3 is 10.7 Å². The Bertz CT molecular complexity index is 635. The van der Waals surface area contributed by atoms with E-state index >= 15 is 0 Å². The van der Waals surface area contributed by atoms with Crippen LogP contribution in [0.3, 0.4) is 0 Å². The molecule has 0 saturated heterocycles. The van der Waals surface area contributed by atoms with Crippen molar-refractivity contribution in [2.45, 2.75) is 39.0 Å². The van der Waals surface area contributed by atoms with E-state index in [1.807, 2.05) is 12.1 Å². The van der Waals surface area contributed by atoms with Gasteiger partial charge in [0.2, 0.25) is 0 Å². The summed E-state index contributed by atoms with van der Waals surface area (Å²) in [7, 11) is 0. The second kappa shape index (κ2) is 5.17. The van der Waals surface area contributed by atoms with Crippen molar-refractivity contribution >= 4 is 10.9 Å². The van der Waals surface area contributed by atoms with Gasteiger partial charge in [-0.15, -0.1) is 0 Å². The van der Waals surface area contributed by atoms with Gasteiger partial charge in [0.25, 0.3) is 5.56 Å². The number of pyridine rings is 1. The lowest BCUT2D eigenvalue weighted by molar-refractivity contribution is 0.591. The standard InChI is InChI=1S/C16H22N2O/c1-16(2,3)13-6-7-14-12(10-13)9-11(5-4-8-17)15(19)18-14/h6-7,9-10H,4-5,8,17H2,1-3H3,(H,18,19). The number of aryl methyl sites for hydroxylation is 1. The Labute approximate surface area is 113 Å². The molecule has 0 aliphatic rings. The first-order valence-corrected chi connectivity index (χ1v) is 6.78. The molecule has 1 heterocycles. The molecule has 3 heteroatoms. The average molecular weight is 258 g/mol. The lowest BCUT2D eigenvalue weighted by atomic mass is 9.86. The fourth-order valence-electron chi connectivity index (χ4n) is 2.20. The summed E-state index contributed by atoms with van der Waals surface area (Å²) in [6.45, 7) is 7.18. The number of benzene rings is 1. The number of H-pyrrole nitrogens is 1. The number of aromatic nitrogens is 1. The van der Waals surface area contributed by atoms with Crippen LogP contribution in [0.5, 0.6) is 0 Å². The highest BCUT2D eigenvalue weighted by Crippen LogP contribution is 2.25. The summed E-state index contributed by atoms with van der Waals surface area (Å²) in [5, 5.41) is 1.10. The van der Waals surface area contributed by atoms with Crippen molar-refractivity contribution in [3.05, 3.63) is 45.7 Å². The minimum Gasteiger partial charge on any atom is -0.330 e. The molecule has 19 heavy (non-hydrogen) atoms. The molecule has 102 valence electrons. The normalized spacial score (nSPS) is 12.0. The summed E-state index contributed by atoms with van der Waals surface area (Å²) in [5.74, 6) is 0. The second-order valence-corrected chi connectivity index (χ2v) is 6.07. The highest BCUT2D eigenvalue weighted by Gasteiger charge is 2.14. The van der Waals surface area contributed by atoms with E-state index < -0.39 is 0 Å². The maximum absolute atomic E-state index is 11.9. The molecular weight excluding hydrogens is 236 g/mol. The van der Waals surface area contributed by atoms with Gasteiger partial charge in [0, 0.05) is 11.1 Å². The van der Waals surface area contributed by atoms with E-state index in [9.17, 15) is 4.79 Å². The largest absolute Gasteiger partial charge is 0.330 e. The number of nitrogens with two attached hydrogens (primary N) is 1. The van der Waals surface area contributed by atoms with E-state index in [4.69, 9.17) is 5.73 Å². The molecule has 0 unspecified atom stereocenters. The third kappa shape index (κ3) is 3.04. The summed E-state index contributed by atoms with van der Waals surface area (Å²) >= 11 is 0. The van der Waals surface area contributed by atoms with Crippen molar-refractivity contribution in [2.24, 2.45) is 5.73 Å². The fraction of sp³-hybridized carbons (Fsp3) is 0.438. The topological polar surface area (TPSA) is 58.9 Å². The van der Waals surface area contributed by atoms with Crippen LogP contribution in [0.2, 0.25) is 0 Å². The molecular formula is C16H22N2O. The van der Waals surface area contributed by atoms with E-state index in [1.54, 1.807) is 0 Å². The SMILES string of the molecule is CC(C)(C)c1ccc2[nH]c(=O)c(CCCN)cc2c1. The van der Waals surface area contributed by atoms with E-state index in [-0.39, 0.29) is 11.0 Å². The van der Waals surface area contributed by atoms with E-state index in [0.29, 0.717) is 6.54 Å². The zero-order valence-electron chi connectivity index (χ0n) is 11.9. The molecule has 0 amide bonds. The fourth-order valence-corrected chi connectivity index (χ4v) is 2.20. The molecule has 3 nitrogen and oxygen atoms in total. The molecule has 1 aromatic heterocycles. The van der Waals surface area contributed by atoms with Crippen LogP contribution in [0.4, 0.5) is 0 Å². The number of aromatic amines is 1. The Morgan fingerprint density at radius 3 is 2.58 bits per heavy atom. The van der Waals surface area contributed by atoms with Crippen LogP contribution in [0.1, 0.15) is 38.3 Å². The zero-order chi connectivity index (χ0) is 14.0. The lowest BCUT2D eigenvalue weighted by Gasteiger charge is -2.19. The second-order valence-electron chi connectivity index (χ2n) is 6.07. The minimum absolute atomic E-state index is 0.00413. The van der Waals surface area contributed by atoms with E-state index in [1.165, 1.54) is 5.56 Å². The summed E-state index contributed by atoms with van der Waals surface area (Å²) < 4.78 is 0. The molecule has 0 saturated carbocycles. The van der Waals surface area contributed by atoms with Gasteiger partial charge in [0.15, 0.2) is 0 Å². The molecule has 0 radical (unpaired) electrons. The molecule has 0 aliphatic heterocycles. The highest BCUT2D eigenvalue weighted by atomic mass is 16.1. The van der Waals surface area contributed by atoms with Gasteiger partial charge in [0.1, 0.15) is 0 Å². The van der Waals surface area contributed by atoms with Crippen LogP contribution >= 0.6 is 0 Å². The summed E-state index contributed by atoms with van der Waals surface area (Å²) in [4.78, 5) is 14.9. The summed E-state index contributed by atoms with van der Waals surface area (Å²) in [6.07, 6.45) is 1.58. The van der Waals surface area contributed by atoms with Crippen molar-refractivity contribution in [1.29, 1.82) is 0 Å². The lowest BCUT2D eigenvalue weighted by Crippen LogP contribution is -2.15. The Morgan fingerprint density at radius 1 is 1.21 bits per heavy atom. The average Bonchev–Trinajstić information content (AvgIpc) is 2.34. The first-order chi connectivity index (χ1) is 8.91. The number of fused-ring (bicyclic) bond motifs is 1. The van der Waals surface area contributed by atoms with Gasteiger partial charge in [-0.25, -0.2) is 0 Å². The first-order valence-electron chi connectivity index (χ1n) is 6.78. The van der Waals surface area contributed by atoms with Crippen LogP contribution < -0.4 is 11.3 Å². The first kappa shape index (κ1) is 13.8. The number of hydrogen-bond acceptors (Lipinski definition) is 2. The van der Waals surface area contributed by atoms with Crippen LogP contribution in [-0.2, 0) is 11.8 Å².